The second-order valence-electron chi connectivity index (χ2n) is 2.06. The summed E-state index contributed by atoms with van der Waals surface area (Å²) in [5.74, 6) is 0. The van der Waals surface area contributed by atoms with Crippen molar-refractivity contribution in [1.29, 1.82) is 5.26 Å². The molecule has 0 aromatic rings. The Kier molecular flexibility index (Phi) is 3.75. The average molecular weight is 154 g/mol. The minimum atomic E-state index is -1.10. The van der Waals surface area contributed by atoms with Crippen molar-refractivity contribution in [3.8, 4) is 6.07 Å². The van der Waals surface area contributed by atoms with Gasteiger partial charge in [0.1, 0.15) is 6.04 Å². The van der Waals surface area contributed by atoms with Crippen LogP contribution < -0.4 is 0 Å². The Morgan fingerprint density at radius 1 is 2.00 bits per heavy atom. The van der Waals surface area contributed by atoms with Crippen molar-refractivity contribution in [3.63, 3.8) is 0 Å². The summed E-state index contributed by atoms with van der Waals surface area (Å²) >= 11 is 0. The first kappa shape index (κ1) is 9.50. The molecule has 0 heterocycles. The van der Waals surface area contributed by atoms with Gasteiger partial charge in [0.2, 0.25) is 0 Å². The van der Waals surface area contributed by atoms with Crippen molar-refractivity contribution in [2.75, 3.05) is 7.05 Å². The SMILES string of the molecule is C=CCC(C#N)N(C)C(=O)O. The minimum Gasteiger partial charge on any atom is -0.465 e. The lowest BCUT2D eigenvalue weighted by molar-refractivity contribution is 0.148. The third-order valence-corrected chi connectivity index (χ3v) is 1.31. The predicted octanol–water partition coefficient (Wildman–Crippen LogP) is 1.06. The van der Waals surface area contributed by atoms with E-state index >= 15 is 0 Å². The number of rotatable bonds is 3. The van der Waals surface area contributed by atoms with Gasteiger partial charge in [0, 0.05) is 7.05 Å². The molecule has 1 N–H and O–H groups in total. The van der Waals surface area contributed by atoms with Crippen molar-refractivity contribution in [3.05, 3.63) is 12.7 Å². The zero-order valence-corrected chi connectivity index (χ0v) is 6.32. The van der Waals surface area contributed by atoms with E-state index in [-0.39, 0.29) is 0 Å². The van der Waals surface area contributed by atoms with Gasteiger partial charge in [-0.3, -0.25) is 4.90 Å². The van der Waals surface area contributed by atoms with Crippen LogP contribution >= 0.6 is 0 Å². The van der Waals surface area contributed by atoms with Crippen molar-refractivity contribution < 1.29 is 9.90 Å². The van der Waals surface area contributed by atoms with E-state index in [9.17, 15) is 4.79 Å². The van der Waals surface area contributed by atoms with E-state index in [1.165, 1.54) is 13.1 Å². The number of hydrogen-bond donors (Lipinski definition) is 1. The molecule has 0 rings (SSSR count). The Labute approximate surface area is 65.3 Å². The van der Waals surface area contributed by atoms with Crippen LogP contribution in [0.2, 0.25) is 0 Å². The van der Waals surface area contributed by atoms with Crippen molar-refractivity contribution in [2.24, 2.45) is 0 Å². The molecular formula is C7H10N2O2. The lowest BCUT2D eigenvalue weighted by Crippen LogP contribution is -2.34. The van der Waals surface area contributed by atoms with E-state index in [2.05, 4.69) is 6.58 Å². The van der Waals surface area contributed by atoms with E-state index in [4.69, 9.17) is 10.4 Å². The number of carboxylic acid groups (broad SMARTS) is 1. The molecule has 0 spiro atoms. The normalized spacial score (nSPS) is 11.3. The maximum absolute atomic E-state index is 10.3. The summed E-state index contributed by atoms with van der Waals surface area (Å²) in [6.07, 6.45) is 0.783. The Bertz CT molecular complexity index is 195. The van der Waals surface area contributed by atoms with E-state index < -0.39 is 12.1 Å². The van der Waals surface area contributed by atoms with Crippen molar-refractivity contribution in [1.82, 2.24) is 4.90 Å². The summed E-state index contributed by atoms with van der Waals surface area (Å²) in [4.78, 5) is 11.3. The van der Waals surface area contributed by atoms with Gasteiger partial charge in [0.25, 0.3) is 0 Å². The molecule has 1 atom stereocenters. The van der Waals surface area contributed by atoms with Gasteiger partial charge < -0.3 is 5.11 Å². The quantitative estimate of drug-likeness (QED) is 0.618. The van der Waals surface area contributed by atoms with Crippen LogP contribution in [-0.2, 0) is 0 Å². The molecule has 11 heavy (non-hydrogen) atoms. The average Bonchev–Trinajstić information content (AvgIpc) is 1.98. The Balaban J connectivity index is 4.15. The largest absolute Gasteiger partial charge is 0.465 e. The molecule has 0 radical (unpaired) electrons. The van der Waals surface area contributed by atoms with Crippen molar-refractivity contribution in [2.45, 2.75) is 12.5 Å². The lowest BCUT2D eigenvalue weighted by atomic mass is 10.2. The molecule has 1 amide bonds. The van der Waals surface area contributed by atoms with Crippen LogP contribution in [-0.4, -0.2) is 29.2 Å². The highest BCUT2D eigenvalue weighted by Gasteiger charge is 2.16. The zero-order chi connectivity index (χ0) is 8.85. The second-order valence-corrected chi connectivity index (χ2v) is 2.06. The van der Waals surface area contributed by atoms with Gasteiger partial charge in [-0.1, -0.05) is 6.08 Å². The fourth-order valence-corrected chi connectivity index (χ4v) is 0.589. The van der Waals surface area contributed by atoms with E-state index in [0.717, 1.165) is 4.90 Å². The molecule has 0 saturated carbocycles. The summed E-state index contributed by atoms with van der Waals surface area (Å²) in [6, 6.07) is 1.24. The second kappa shape index (κ2) is 4.34. The molecule has 4 nitrogen and oxygen atoms in total. The fraction of sp³-hybridized carbons (Fsp3) is 0.429. The monoisotopic (exact) mass is 154 g/mol. The van der Waals surface area contributed by atoms with E-state index in [1.807, 2.05) is 6.07 Å². The standard InChI is InChI=1S/C7H10N2O2/c1-3-4-6(5-8)9(2)7(10)11/h3,6H,1,4H2,2H3,(H,10,11). The topological polar surface area (TPSA) is 64.3 Å². The van der Waals surface area contributed by atoms with Gasteiger partial charge in [-0.15, -0.1) is 6.58 Å². The van der Waals surface area contributed by atoms with E-state index in [1.54, 1.807) is 0 Å². The molecule has 60 valence electrons. The van der Waals surface area contributed by atoms with Gasteiger partial charge in [-0.25, -0.2) is 4.79 Å². The molecule has 1 unspecified atom stereocenters. The molecule has 0 aromatic heterocycles. The van der Waals surface area contributed by atoms with Gasteiger partial charge >= 0.3 is 6.09 Å². The maximum Gasteiger partial charge on any atom is 0.408 e. The number of hydrogen-bond acceptors (Lipinski definition) is 2. The zero-order valence-electron chi connectivity index (χ0n) is 6.32. The summed E-state index contributed by atoms with van der Waals surface area (Å²) in [5.41, 5.74) is 0. The fourth-order valence-electron chi connectivity index (χ4n) is 0.589. The molecular weight excluding hydrogens is 144 g/mol. The summed E-state index contributed by atoms with van der Waals surface area (Å²) in [7, 11) is 1.36. The molecule has 0 fully saturated rings. The molecule has 0 bridgehead atoms. The van der Waals surface area contributed by atoms with Gasteiger partial charge in [-0.05, 0) is 6.42 Å². The number of nitriles is 1. The van der Waals surface area contributed by atoms with Crippen LogP contribution in [0.3, 0.4) is 0 Å². The minimum absolute atomic E-state index is 0.360. The Morgan fingerprint density at radius 3 is 2.82 bits per heavy atom. The van der Waals surface area contributed by atoms with Gasteiger partial charge in [0.15, 0.2) is 0 Å². The third-order valence-electron chi connectivity index (χ3n) is 1.31. The molecule has 0 aliphatic rings. The number of nitrogens with zero attached hydrogens (tertiary/aromatic N) is 2. The first-order valence-corrected chi connectivity index (χ1v) is 3.09. The van der Waals surface area contributed by atoms with Crippen molar-refractivity contribution >= 4 is 6.09 Å². The highest BCUT2D eigenvalue weighted by atomic mass is 16.4. The summed E-state index contributed by atoms with van der Waals surface area (Å²) in [6.45, 7) is 3.42. The first-order valence-electron chi connectivity index (χ1n) is 3.09. The van der Waals surface area contributed by atoms with Crippen LogP contribution in [0.15, 0.2) is 12.7 Å². The lowest BCUT2D eigenvalue weighted by Gasteiger charge is -2.17. The molecule has 0 aromatic carbocycles. The van der Waals surface area contributed by atoms with Crippen LogP contribution in [0.1, 0.15) is 6.42 Å². The number of amides is 1. The van der Waals surface area contributed by atoms with Crippen LogP contribution in [0, 0.1) is 11.3 Å². The van der Waals surface area contributed by atoms with Gasteiger partial charge in [-0.2, -0.15) is 5.26 Å². The molecule has 0 aliphatic carbocycles. The molecule has 0 saturated heterocycles. The summed E-state index contributed by atoms with van der Waals surface area (Å²) < 4.78 is 0. The Hall–Kier alpha value is -1.50. The first-order chi connectivity index (χ1) is 5.13. The smallest absolute Gasteiger partial charge is 0.408 e. The molecule has 4 heteroatoms. The predicted molar refractivity (Wildman–Crippen MR) is 40.0 cm³/mol. The Morgan fingerprint density at radius 2 is 2.55 bits per heavy atom. The van der Waals surface area contributed by atoms with Crippen LogP contribution in [0.4, 0.5) is 4.79 Å². The third kappa shape index (κ3) is 2.72. The highest BCUT2D eigenvalue weighted by molar-refractivity contribution is 5.65. The highest BCUT2D eigenvalue weighted by Crippen LogP contribution is 2.00. The van der Waals surface area contributed by atoms with Gasteiger partial charge in [0.05, 0.1) is 6.07 Å². The summed E-state index contributed by atoms with van der Waals surface area (Å²) in [5, 5.41) is 16.9. The maximum atomic E-state index is 10.3. The van der Waals surface area contributed by atoms with Crippen LogP contribution in [0.25, 0.3) is 0 Å². The number of carbonyl (C=O) groups is 1. The molecule has 0 aliphatic heterocycles. The van der Waals surface area contributed by atoms with Crippen LogP contribution in [0.5, 0.6) is 0 Å². The van der Waals surface area contributed by atoms with E-state index in [0.29, 0.717) is 6.42 Å².